The largest absolute Gasteiger partial charge is 0.274 e. The maximum Gasteiger partial charge on any atom is 0.239 e. The molecule has 0 aliphatic rings. The molecule has 0 bridgehead atoms. The van der Waals surface area contributed by atoms with Crippen LogP contribution in [-0.2, 0) is 20.6 Å². The molecule has 0 atom stereocenters. The lowest BCUT2D eigenvalue weighted by molar-refractivity contribution is -0.119. The number of carbonyl (C=O) groups excluding carboxylic acids is 1. The highest BCUT2D eigenvalue weighted by molar-refractivity contribution is 7.89. The van der Waals surface area contributed by atoms with Gasteiger partial charge in [-0.1, -0.05) is 37.3 Å². The summed E-state index contributed by atoms with van der Waals surface area (Å²) in [5.74, 6) is -0.609. The van der Waals surface area contributed by atoms with Crippen molar-refractivity contribution in [2.24, 2.45) is 0 Å². The topological polar surface area (TPSA) is 63.2 Å². The molecule has 1 N–H and O–H groups in total. The molecule has 1 aromatic rings. The predicted molar refractivity (Wildman–Crippen MR) is 62.1 cm³/mol. The van der Waals surface area contributed by atoms with Crippen molar-refractivity contribution in [1.82, 2.24) is 4.72 Å². The molecule has 0 fully saturated rings. The third kappa shape index (κ3) is 4.44. The number of hydrogen-bond acceptors (Lipinski definition) is 3. The number of rotatable bonds is 5. The van der Waals surface area contributed by atoms with Crippen molar-refractivity contribution < 1.29 is 13.2 Å². The van der Waals surface area contributed by atoms with E-state index in [0.717, 1.165) is 0 Å². The summed E-state index contributed by atoms with van der Waals surface area (Å²) in [6.07, 6.45) is 0.862. The molecule has 5 heteroatoms. The minimum absolute atomic E-state index is 0.163. The first-order chi connectivity index (χ1) is 7.53. The summed E-state index contributed by atoms with van der Waals surface area (Å²) in [7, 11) is -3.56. The van der Waals surface area contributed by atoms with Crippen molar-refractivity contribution in [3.05, 3.63) is 35.9 Å². The molecule has 1 amide bonds. The summed E-state index contributed by atoms with van der Waals surface area (Å²) in [4.78, 5) is 11.2. The lowest BCUT2D eigenvalue weighted by Gasteiger charge is -2.05. The van der Waals surface area contributed by atoms with Crippen LogP contribution < -0.4 is 4.72 Å². The van der Waals surface area contributed by atoms with Gasteiger partial charge in [-0.25, -0.2) is 8.42 Å². The molecule has 0 aliphatic carbocycles. The van der Waals surface area contributed by atoms with E-state index in [-0.39, 0.29) is 12.2 Å². The zero-order valence-corrected chi connectivity index (χ0v) is 9.96. The SMILES string of the molecule is CCCC(=O)NS(=O)(=O)Cc1ccccc1. The van der Waals surface area contributed by atoms with E-state index in [4.69, 9.17) is 0 Å². The average molecular weight is 241 g/mol. The van der Waals surface area contributed by atoms with E-state index >= 15 is 0 Å². The van der Waals surface area contributed by atoms with Crippen LogP contribution in [0, 0.1) is 0 Å². The van der Waals surface area contributed by atoms with Crippen LogP contribution in [0.3, 0.4) is 0 Å². The quantitative estimate of drug-likeness (QED) is 0.848. The second-order valence-corrected chi connectivity index (χ2v) is 5.24. The number of benzene rings is 1. The Hall–Kier alpha value is -1.36. The minimum atomic E-state index is -3.56. The van der Waals surface area contributed by atoms with Gasteiger partial charge in [0.05, 0.1) is 5.75 Å². The Kier molecular flexibility index (Phi) is 4.49. The molecule has 1 rings (SSSR count). The van der Waals surface area contributed by atoms with Crippen molar-refractivity contribution in [1.29, 1.82) is 0 Å². The first-order valence-electron chi connectivity index (χ1n) is 5.11. The van der Waals surface area contributed by atoms with Gasteiger partial charge < -0.3 is 0 Å². The van der Waals surface area contributed by atoms with E-state index < -0.39 is 15.9 Å². The fourth-order valence-corrected chi connectivity index (χ4v) is 2.43. The second kappa shape index (κ2) is 5.65. The van der Waals surface area contributed by atoms with Gasteiger partial charge in [0.15, 0.2) is 0 Å². The number of amides is 1. The van der Waals surface area contributed by atoms with Crippen LogP contribution in [0.1, 0.15) is 25.3 Å². The molecular formula is C11H15NO3S. The van der Waals surface area contributed by atoms with Crippen molar-refractivity contribution >= 4 is 15.9 Å². The van der Waals surface area contributed by atoms with Crippen LogP contribution in [0.2, 0.25) is 0 Å². The highest BCUT2D eigenvalue weighted by Gasteiger charge is 2.14. The Balaban J connectivity index is 2.63. The average Bonchev–Trinajstić information content (AvgIpc) is 2.17. The van der Waals surface area contributed by atoms with Gasteiger partial charge in [-0.15, -0.1) is 0 Å². The molecule has 1 aromatic carbocycles. The zero-order chi connectivity index (χ0) is 12.0. The minimum Gasteiger partial charge on any atom is -0.274 e. The van der Waals surface area contributed by atoms with Crippen LogP contribution in [0.5, 0.6) is 0 Å². The number of sulfonamides is 1. The zero-order valence-electron chi connectivity index (χ0n) is 9.14. The summed E-state index contributed by atoms with van der Waals surface area (Å²) in [5.41, 5.74) is 0.666. The van der Waals surface area contributed by atoms with Gasteiger partial charge in [-0.05, 0) is 12.0 Å². The van der Waals surface area contributed by atoms with E-state index in [0.29, 0.717) is 12.0 Å². The molecule has 0 heterocycles. The molecule has 0 radical (unpaired) electrons. The highest BCUT2D eigenvalue weighted by atomic mass is 32.2. The Bertz CT molecular complexity index is 440. The Morgan fingerprint density at radius 2 is 1.88 bits per heavy atom. The van der Waals surface area contributed by atoms with Crippen LogP contribution in [0.25, 0.3) is 0 Å². The predicted octanol–water partition coefficient (Wildman–Crippen LogP) is 1.43. The molecule has 0 aromatic heterocycles. The first kappa shape index (κ1) is 12.7. The molecule has 88 valence electrons. The summed E-state index contributed by atoms with van der Waals surface area (Å²) in [5, 5.41) is 0. The Morgan fingerprint density at radius 3 is 2.44 bits per heavy atom. The number of nitrogens with one attached hydrogen (secondary N) is 1. The molecule has 0 aliphatic heterocycles. The normalized spacial score (nSPS) is 11.1. The van der Waals surface area contributed by atoms with E-state index in [2.05, 4.69) is 0 Å². The fraction of sp³-hybridized carbons (Fsp3) is 0.364. The molecule has 0 saturated heterocycles. The van der Waals surface area contributed by atoms with Crippen molar-refractivity contribution in [3.8, 4) is 0 Å². The van der Waals surface area contributed by atoms with Gasteiger partial charge in [-0.2, -0.15) is 0 Å². The summed E-state index contributed by atoms with van der Waals surface area (Å²) in [6, 6.07) is 8.76. The van der Waals surface area contributed by atoms with Crippen molar-refractivity contribution in [3.63, 3.8) is 0 Å². The van der Waals surface area contributed by atoms with Gasteiger partial charge in [0, 0.05) is 6.42 Å². The molecule has 0 spiro atoms. The van der Waals surface area contributed by atoms with Crippen LogP contribution >= 0.6 is 0 Å². The first-order valence-corrected chi connectivity index (χ1v) is 6.76. The maximum absolute atomic E-state index is 11.6. The van der Waals surface area contributed by atoms with Crippen molar-refractivity contribution in [2.45, 2.75) is 25.5 Å². The monoisotopic (exact) mass is 241 g/mol. The summed E-state index contributed by atoms with van der Waals surface area (Å²) >= 11 is 0. The molecule has 0 unspecified atom stereocenters. The van der Waals surface area contributed by atoms with Gasteiger partial charge in [0.25, 0.3) is 0 Å². The second-order valence-electron chi connectivity index (χ2n) is 3.52. The lowest BCUT2D eigenvalue weighted by Crippen LogP contribution is -2.31. The lowest BCUT2D eigenvalue weighted by atomic mass is 10.2. The Morgan fingerprint density at radius 1 is 1.25 bits per heavy atom. The maximum atomic E-state index is 11.6. The summed E-state index contributed by atoms with van der Waals surface area (Å²) in [6.45, 7) is 1.82. The third-order valence-electron chi connectivity index (χ3n) is 1.95. The van der Waals surface area contributed by atoms with Crippen LogP contribution in [-0.4, -0.2) is 14.3 Å². The standard InChI is InChI=1S/C11H15NO3S/c1-2-6-11(13)12-16(14,15)9-10-7-4-3-5-8-10/h3-5,7-8H,2,6,9H2,1H3,(H,12,13). The smallest absolute Gasteiger partial charge is 0.239 e. The molecule has 0 saturated carbocycles. The Labute approximate surface area is 95.7 Å². The molecular weight excluding hydrogens is 226 g/mol. The third-order valence-corrected chi connectivity index (χ3v) is 3.20. The summed E-state index contributed by atoms with van der Waals surface area (Å²) < 4.78 is 25.1. The highest BCUT2D eigenvalue weighted by Crippen LogP contribution is 2.04. The van der Waals surface area contributed by atoms with E-state index in [1.54, 1.807) is 24.3 Å². The van der Waals surface area contributed by atoms with E-state index in [9.17, 15) is 13.2 Å². The molecule has 16 heavy (non-hydrogen) atoms. The van der Waals surface area contributed by atoms with Gasteiger partial charge in [-0.3, -0.25) is 9.52 Å². The number of hydrogen-bond donors (Lipinski definition) is 1. The van der Waals surface area contributed by atoms with Crippen LogP contribution in [0.15, 0.2) is 30.3 Å². The van der Waals surface area contributed by atoms with Crippen LogP contribution in [0.4, 0.5) is 0 Å². The van der Waals surface area contributed by atoms with E-state index in [1.807, 2.05) is 17.7 Å². The fourth-order valence-electron chi connectivity index (χ4n) is 1.28. The van der Waals surface area contributed by atoms with Gasteiger partial charge in [0.2, 0.25) is 15.9 Å². The van der Waals surface area contributed by atoms with Gasteiger partial charge >= 0.3 is 0 Å². The van der Waals surface area contributed by atoms with Crippen molar-refractivity contribution in [2.75, 3.05) is 0 Å². The van der Waals surface area contributed by atoms with E-state index in [1.165, 1.54) is 0 Å². The number of carbonyl (C=O) groups is 1. The molecule has 4 nitrogen and oxygen atoms in total. The van der Waals surface area contributed by atoms with Gasteiger partial charge in [0.1, 0.15) is 0 Å².